The van der Waals surface area contributed by atoms with Crippen LogP contribution in [-0.4, -0.2) is 11.2 Å². The van der Waals surface area contributed by atoms with E-state index in [0.29, 0.717) is 12.8 Å². The molecule has 106 valence electrons. The minimum absolute atomic E-state index is 0.269. The van der Waals surface area contributed by atoms with Crippen molar-refractivity contribution >= 4 is 15.9 Å². The number of rotatable bonds is 5. The van der Waals surface area contributed by atoms with Crippen LogP contribution < -0.4 is 0 Å². The first-order valence-corrected chi connectivity index (χ1v) is 7.52. The summed E-state index contributed by atoms with van der Waals surface area (Å²) in [5, 5.41) is 10.1. The molecule has 2 aromatic rings. The van der Waals surface area contributed by atoms with Crippen LogP contribution >= 0.6 is 15.9 Å². The summed E-state index contributed by atoms with van der Waals surface area (Å²) in [5.74, 6) is -0.269. The summed E-state index contributed by atoms with van der Waals surface area (Å²) in [6, 6.07) is 12.7. The fourth-order valence-corrected chi connectivity index (χ4v) is 2.68. The van der Waals surface area contributed by atoms with Gasteiger partial charge < -0.3 is 5.11 Å². The predicted molar refractivity (Wildman–Crippen MR) is 83.3 cm³/mol. The molecule has 0 radical (unpaired) electrons. The highest BCUT2D eigenvalue weighted by molar-refractivity contribution is 9.10. The molecule has 0 heterocycles. The third-order valence-electron chi connectivity index (χ3n) is 3.47. The summed E-state index contributed by atoms with van der Waals surface area (Å²) in [5.41, 5.74) is 3.30. The van der Waals surface area contributed by atoms with Crippen LogP contribution in [0.3, 0.4) is 0 Å². The van der Waals surface area contributed by atoms with Crippen molar-refractivity contribution in [1.82, 2.24) is 0 Å². The average molecular weight is 337 g/mol. The minimum Gasteiger partial charge on any atom is -0.393 e. The van der Waals surface area contributed by atoms with Gasteiger partial charge >= 0.3 is 0 Å². The monoisotopic (exact) mass is 336 g/mol. The van der Waals surface area contributed by atoms with Crippen LogP contribution in [0.15, 0.2) is 46.9 Å². The smallest absolute Gasteiger partial charge is 0.123 e. The Morgan fingerprint density at radius 3 is 2.65 bits per heavy atom. The average Bonchev–Trinajstić information content (AvgIpc) is 2.42. The molecule has 0 aliphatic carbocycles. The van der Waals surface area contributed by atoms with Crippen molar-refractivity contribution in [3.63, 3.8) is 0 Å². The molecular weight excluding hydrogens is 319 g/mol. The standard InChI is InChI=1S/C17H18BrFO/c1-12-4-2-3-5-13(12)6-8-16(20)11-14-10-15(19)7-9-17(14)18/h2-5,7,9-10,16,20H,6,8,11H2,1H3. The maximum absolute atomic E-state index is 13.2. The van der Waals surface area contributed by atoms with E-state index in [9.17, 15) is 9.50 Å². The van der Waals surface area contributed by atoms with Crippen LogP contribution in [-0.2, 0) is 12.8 Å². The van der Waals surface area contributed by atoms with Crippen molar-refractivity contribution in [3.8, 4) is 0 Å². The summed E-state index contributed by atoms with van der Waals surface area (Å²) in [6.07, 6.45) is 1.51. The maximum Gasteiger partial charge on any atom is 0.123 e. The molecule has 1 unspecified atom stereocenters. The highest BCUT2D eigenvalue weighted by Gasteiger charge is 2.10. The van der Waals surface area contributed by atoms with E-state index < -0.39 is 6.10 Å². The third-order valence-corrected chi connectivity index (χ3v) is 4.25. The number of hydrogen-bond donors (Lipinski definition) is 1. The van der Waals surface area contributed by atoms with E-state index in [1.807, 2.05) is 12.1 Å². The highest BCUT2D eigenvalue weighted by atomic mass is 79.9. The van der Waals surface area contributed by atoms with Gasteiger partial charge in [-0.3, -0.25) is 0 Å². The first-order valence-electron chi connectivity index (χ1n) is 6.73. The Labute approximate surface area is 127 Å². The normalized spacial score (nSPS) is 12.4. The van der Waals surface area contributed by atoms with Crippen molar-refractivity contribution in [2.75, 3.05) is 0 Å². The Hall–Kier alpha value is -1.19. The van der Waals surface area contributed by atoms with Gasteiger partial charge in [0.15, 0.2) is 0 Å². The molecule has 3 heteroatoms. The van der Waals surface area contributed by atoms with Gasteiger partial charge in [0.05, 0.1) is 6.10 Å². The Balaban J connectivity index is 1.94. The number of aryl methyl sites for hydroxylation is 2. The van der Waals surface area contributed by atoms with Gasteiger partial charge in [0, 0.05) is 4.47 Å². The second kappa shape index (κ2) is 7.00. The molecule has 0 spiro atoms. The first-order chi connectivity index (χ1) is 9.56. The summed E-state index contributed by atoms with van der Waals surface area (Å²) >= 11 is 3.39. The van der Waals surface area contributed by atoms with Gasteiger partial charge in [-0.05, 0) is 61.1 Å². The molecule has 0 bridgehead atoms. The van der Waals surface area contributed by atoms with Crippen molar-refractivity contribution in [1.29, 1.82) is 0 Å². The SMILES string of the molecule is Cc1ccccc1CCC(O)Cc1cc(F)ccc1Br. The van der Waals surface area contributed by atoms with Crippen LogP contribution in [0.2, 0.25) is 0 Å². The first kappa shape index (κ1) is 15.2. The zero-order valence-corrected chi connectivity index (χ0v) is 13.0. The van der Waals surface area contributed by atoms with Crippen molar-refractivity contribution in [2.24, 2.45) is 0 Å². The van der Waals surface area contributed by atoms with E-state index in [1.165, 1.54) is 23.3 Å². The van der Waals surface area contributed by atoms with Gasteiger partial charge in [-0.1, -0.05) is 40.2 Å². The number of halogens is 2. The summed E-state index contributed by atoms with van der Waals surface area (Å²) in [4.78, 5) is 0. The topological polar surface area (TPSA) is 20.2 Å². The van der Waals surface area contributed by atoms with Gasteiger partial charge in [-0.25, -0.2) is 4.39 Å². The van der Waals surface area contributed by atoms with Gasteiger partial charge in [0.25, 0.3) is 0 Å². The molecule has 0 aliphatic heterocycles. The van der Waals surface area contributed by atoms with Gasteiger partial charge in [-0.15, -0.1) is 0 Å². The molecule has 0 fully saturated rings. The van der Waals surface area contributed by atoms with Crippen molar-refractivity contribution in [2.45, 2.75) is 32.3 Å². The predicted octanol–water partition coefficient (Wildman–Crippen LogP) is 4.43. The van der Waals surface area contributed by atoms with E-state index >= 15 is 0 Å². The maximum atomic E-state index is 13.2. The minimum atomic E-state index is -0.465. The van der Waals surface area contributed by atoms with E-state index in [0.717, 1.165) is 16.5 Å². The second-order valence-corrected chi connectivity index (χ2v) is 5.91. The highest BCUT2D eigenvalue weighted by Crippen LogP contribution is 2.21. The van der Waals surface area contributed by atoms with Crippen LogP contribution in [0.4, 0.5) is 4.39 Å². The van der Waals surface area contributed by atoms with Crippen LogP contribution in [0.25, 0.3) is 0 Å². The van der Waals surface area contributed by atoms with Crippen molar-refractivity contribution in [3.05, 3.63) is 69.4 Å². The number of benzene rings is 2. The Morgan fingerprint density at radius 2 is 1.90 bits per heavy atom. The molecular formula is C17H18BrFO. The summed E-state index contributed by atoms with van der Waals surface area (Å²) < 4.78 is 14.0. The Morgan fingerprint density at radius 1 is 1.15 bits per heavy atom. The molecule has 0 saturated heterocycles. The molecule has 0 aliphatic rings. The molecule has 0 amide bonds. The van der Waals surface area contributed by atoms with E-state index in [1.54, 1.807) is 6.07 Å². The van der Waals surface area contributed by atoms with Gasteiger partial charge in [0.1, 0.15) is 5.82 Å². The zero-order chi connectivity index (χ0) is 14.5. The molecule has 0 saturated carbocycles. The number of aliphatic hydroxyl groups is 1. The van der Waals surface area contributed by atoms with Gasteiger partial charge in [0.2, 0.25) is 0 Å². The van der Waals surface area contributed by atoms with E-state index in [4.69, 9.17) is 0 Å². The lowest BCUT2D eigenvalue weighted by atomic mass is 9.99. The zero-order valence-electron chi connectivity index (χ0n) is 11.4. The lowest BCUT2D eigenvalue weighted by Crippen LogP contribution is -2.12. The molecule has 1 N–H and O–H groups in total. The summed E-state index contributed by atoms with van der Waals surface area (Å²) in [6.45, 7) is 2.07. The lowest BCUT2D eigenvalue weighted by Gasteiger charge is -2.13. The second-order valence-electron chi connectivity index (χ2n) is 5.06. The summed E-state index contributed by atoms with van der Waals surface area (Å²) in [7, 11) is 0. The van der Waals surface area contributed by atoms with Crippen LogP contribution in [0.1, 0.15) is 23.1 Å². The fourth-order valence-electron chi connectivity index (χ4n) is 2.27. The molecule has 20 heavy (non-hydrogen) atoms. The van der Waals surface area contributed by atoms with Crippen molar-refractivity contribution < 1.29 is 9.50 Å². The fraction of sp³-hybridized carbons (Fsp3) is 0.294. The molecule has 0 aromatic heterocycles. The Kier molecular flexibility index (Phi) is 5.32. The molecule has 2 aromatic carbocycles. The van der Waals surface area contributed by atoms with E-state index in [-0.39, 0.29) is 5.82 Å². The van der Waals surface area contributed by atoms with Crippen LogP contribution in [0.5, 0.6) is 0 Å². The van der Waals surface area contributed by atoms with Crippen LogP contribution in [0, 0.1) is 12.7 Å². The lowest BCUT2D eigenvalue weighted by molar-refractivity contribution is 0.165. The number of aliphatic hydroxyl groups excluding tert-OH is 1. The third kappa shape index (κ3) is 4.15. The number of hydrogen-bond acceptors (Lipinski definition) is 1. The Bertz CT molecular complexity index is 583. The molecule has 2 rings (SSSR count). The molecule has 1 atom stereocenters. The molecule has 1 nitrogen and oxygen atoms in total. The quantitative estimate of drug-likeness (QED) is 0.856. The van der Waals surface area contributed by atoms with E-state index in [2.05, 4.69) is 35.0 Å². The van der Waals surface area contributed by atoms with Gasteiger partial charge in [-0.2, -0.15) is 0 Å². The largest absolute Gasteiger partial charge is 0.393 e.